The Morgan fingerprint density at radius 3 is 2.79 bits per heavy atom. The highest BCUT2D eigenvalue weighted by molar-refractivity contribution is 7.99. The Balaban J connectivity index is 2.52. The largest absolute Gasteiger partial charge is 0.319 e. The minimum atomic E-state index is -3.05. The first-order valence-corrected chi connectivity index (χ1v) is 7.52. The Bertz CT molecular complexity index is 261. The Labute approximate surface area is 90.5 Å². The molecule has 1 aliphatic rings. The molecule has 0 bridgehead atoms. The molecule has 1 saturated heterocycles. The number of thioether (sulfide) groups is 1. The molecular weight excluding hydrogens is 220 g/mol. The van der Waals surface area contributed by atoms with E-state index in [4.69, 9.17) is 0 Å². The van der Waals surface area contributed by atoms with Crippen molar-refractivity contribution in [3.05, 3.63) is 0 Å². The maximum atomic E-state index is 11.8. The number of sulfonamides is 1. The lowest BCUT2D eigenvalue weighted by molar-refractivity contribution is 0.394. The summed E-state index contributed by atoms with van der Waals surface area (Å²) in [6.45, 7) is 0.520. The van der Waals surface area contributed by atoms with Crippen molar-refractivity contribution < 1.29 is 8.42 Å². The number of nitrogens with zero attached hydrogens (tertiary/aromatic N) is 1. The lowest BCUT2D eigenvalue weighted by Gasteiger charge is -2.22. The first-order chi connectivity index (χ1) is 6.58. The number of nitrogens with one attached hydrogen (secondary N) is 1. The smallest absolute Gasteiger partial charge is 0.215 e. The summed E-state index contributed by atoms with van der Waals surface area (Å²) < 4.78 is 25.1. The summed E-state index contributed by atoms with van der Waals surface area (Å²) in [5, 5.41) is 2.86. The molecule has 0 saturated carbocycles. The third-order valence-electron chi connectivity index (χ3n) is 2.47. The zero-order valence-corrected chi connectivity index (χ0v) is 10.3. The van der Waals surface area contributed by atoms with Gasteiger partial charge in [0.15, 0.2) is 0 Å². The van der Waals surface area contributed by atoms with Crippen molar-refractivity contribution in [3.63, 3.8) is 0 Å². The number of rotatable bonds is 5. The van der Waals surface area contributed by atoms with Crippen LogP contribution in [0.3, 0.4) is 0 Å². The van der Waals surface area contributed by atoms with Gasteiger partial charge in [0.2, 0.25) is 10.0 Å². The van der Waals surface area contributed by atoms with E-state index in [9.17, 15) is 8.42 Å². The van der Waals surface area contributed by atoms with Gasteiger partial charge in [0.25, 0.3) is 0 Å². The van der Waals surface area contributed by atoms with E-state index in [1.54, 1.807) is 18.4 Å². The molecule has 0 aliphatic carbocycles. The monoisotopic (exact) mass is 238 g/mol. The molecule has 84 valence electrons. The van der Waals surface area contributed by atoms with Gasteiger partial charge in [-0.05, 0) is 19.2 Å². The number of hydrogen-bond acceptors (Lipinski definition) is 4. The van der Waals surface area contributed by atoms with E-state index in [1.165, 1.54) is 0 Å². The van der Waals surface area contributed by atoms with Crippen molar-refractivity contribution in [2.24, 2.45) is 0 Å². The van der Waals surface area contributed by atoms with Gasteiger partial charge in [-0.15, -0.1) is 0 Å². The predicted molar refractivity (Wildman–Crippen MR) is 61.2 cm³/mol. The molecule has 1 atom stereocenters. The molecule has 0 aromatic rings. The fourth-order valence-electron chi connectivity index (χ4n) is 1.41. The molecule has 1 aliphatic heterocycles. The van der Waals surface area contributed by atoms with Crippen LogP contribution in [-0.2, 0) is 10.0 Å². The van der Waals surface area contributed by atoms with E-state index in [-0.39, 0.29) is 11.8 Å². The summed E-state index contributed by atoms with van der Waals surface area (Å²) in [6.07, 6.45) is 0.986. The van der Waals surface area contributed by atoms with Gasteiger partial charge in [0.1, 0.15) is 0 Å². The zero-order chi connectivity index (χ0) is 10.6. The van der Waals surface area contributed by atoms with Crippen LogP contribution in [0.2, 0.25) is 0 Å². The minimum absolute atomic E-state index is 0.196. The lowest BCUT2D eigenvalue weighted by atomic mass is 10.3. The third-order valence-corrected chi connectivity index (χ3v) is 5.51. The summed E-state index contributed by atoms with van der Waals surface area (Å²) in [6, 6.07) is 0.210. The van der Waals surface area contributed by atoms with E-state index in [0.717, 1.165) is 17.9 Å². The van der Waals surface area contributed by atoms with E-state index in [1.807, 2.05) is 11.8 Å². The van der Waals surface area contributed by atoms with Gasteiger partial charge in [0.05, 0.1) is 5.75 Å². The Kier molecular flexibility index (Phi) is 4.69. The van der Waals surface area contributed by atoms with E-state index < -0.39 is 10.0 Å². The van der Waals surface area contributed by atoms with Gasteiger partial charge in [-0.2, -0.15) is 11.8 Å². The summed E-state index contributed by atoms with van der Waals surface area (Å²) in [5.74, 6) is 2.22. The normalized spacial score (nSPS) is 23.2. The first kappa shape index (κ1) is 12.3. The van der Waals surface area contributed by atoms with Crippen molar-refractivity contribution in [3.8, 4) is 0 Å². The predicted octanol–water partition coefficient (Wildman–Crippen LogP) is -0.0271. The molecular formula is C8H18N2O2S2. The van der Waals surface area contributed by atoms with E-state index >= 15 is 0 Å². The summed E-state index contributed by atoms with van der Waals surface area (Å²) in [7, 11) is 0.412. The minimum Gasteiger partial charge on any atom is -0.319 e. The van der Waals surface area contributed by atoms with Gasteiger partial charge in [-0.3, -0.25) is 0 Å². The molecule has 6 heteroatoms. The quantitative estimate of drug-likeness (QED) is 0.731. The average Bonchev–Trinajstić information content (AvgIpc) is 2.66. The highest BCUT2D eigenvalue weighted by Crippen LogP contribution is 2.23. The molecule has 1 heterocycles. The van der Waals surface area contributed by atoms with E-state index in [2.05, 4.69) is 5.32 Å². The second kappa shape index (κ2) is 5.34. The van der Waals surface area contributed by atoms with Crippen molar-refractivity contribution >= 4 is 21.8 Å². The molecule has 14 heavy (non-hydrogen) atoms. The maximum Gasteiger partial charge on any atom is 0.215 e. The van der Waals surface area contributed by atoms with Crippen LogP contribution >= 0.6 is 11.8 Å². The van der Waals surface area contributed by atoms with Crippen LogP contribution in [-0.4, -0.2) is 56.7 Å². The van der Waals surface area contributed by atoms with Crippen LogP contribution < -0.4 is 5.32 Å². The molecule has 4 nitrogen and oxygen atoms in total. The van der Waals surface area contributed by atoms with Crippen LogP contribution in [0.5, 0.6) is 0 Å². The fraction of sp³-hybridized carbons (Fsp3) is 1.00. The Morgan fingerprint density at radius 1 is 1.57 bits per heavy atom. The van der Waals surface area contributed by atoms with Crippen molar-refractivity contribution in [2.75, 3.05) is 37.9 Å². The second-order valence-corrected chi connectivity index (χ2v) is 6.75. The molecule has 1 rings (SSSR count). The van der Waals surface area contributed by atoms with E-state index in [0.29, 0.717) is 6.54 Å². The Morgan fingerprint density at radius 2 is 2.29 bits per heavy atom. The standard InChI is InChI=1S/C8H18N2O2S2/c1-9-4-6-14(11,12)10(2)8-3-5-13-7-8/h8-9H,3-7H2,1-2H3. The van der Waals surface area contributed by atoms with Crippen LogP contribution in [0, 0.1) is 0 Å². The highest BCUT2D eigenvalue weighted by atomic mass is 32.2. The van der Waals surface area contributed by atoms with Gasteiger partial charge in [-0.1, -0.05) is 0 Å². The van der Waals surface area contributed by atoms with Crippen LogP contribution in [0.4, 0.5) is 0 Å². The first-order valence-electron chi connectivity index (χ1n) is 4.76. The second-order valence-electron chi connectivity index (χ2n) is 3.45. The SMILES string of the molecule is CNCCS(=O)(=O)N(C)C1CCSC1. The maximum absolute atomic E-state index is 11.8. The van der Waals surface area contributed by atoms with Crippen molar-refractivity contribution in [1.82, 2.24) is 9.62 Å². The average molecular weight is 238 g/mol. The lowest BCUT2D eigenvalue weighted by Crippen LogP contribution is -2.40. The molecule has 1 fully saturated rings. The molecule has 0 radical (unpaired) electrons. The van der Waals surface area contributed by atoms with Crippen LogP contribution in [0.25, 0.3) is 0 Å². The van der Waals surface area contributed by atoms with Crippen LogP contribution in [0.15, 0.2) is 0 Å². The van der Waals surface area contributed by atoms with Crippen molar-refractivity contribution in [1.29, 1.82) is 0 Å². The third kappa shape index (κ3) is 3.12. The molecule has 0 spiro atoms. The summed E-state index contributed by atoms with van der Waals surface area (Å²) in [4.78, 5) is 0. The van der Waals surface area contributed by atoms with Gasteiger partial charge in [-0.25, -0.2) is 12.7 Å². The van der Waals surface area contributed by atoms with Gasteiger partial charge in [0, 0.05) is 25.4 Å². The Hall–Kier alpha value is 0.220. The highest BCUT2D eigenvalue weighted by Gasteiger charge is 2.28. The van der Waals surface area contributed by atoms with Gasteiger partial charge >= 0.3 is 0 Å². The molecule has 1 unspecified atom stereocenters. The summed E-state index contributed by atoms with van der Waals surface area (Å²) in [5.41, 5.74) is 0. The zero-order valence-electron chi connectivity index (χ0n) is 8.69. The molecule has 0 aromatic heterocycles. The van der Waals surface area contributed by atoms with Crippen molar-refractivity contribution in [2.45, 2.75) is 12.5 Å². The topological polar surface area (TPSA) is 49.4 Å². The summed E-state index contributed by atoms with van der Waals surface area (Å²) >= 11 is 1.83. The molecule has 0 amide bonds. The number of hydrogen-bond donors (Lipinski definition) is 1. The molecule has 0 aromatic carbocycles. The fourth-order valence-corrected chi connectivity index (χ4v) is 4.16. The van der Waals surface area contributed by atoms with Crippen LogP contribution in [0.1, 0.15) is 6.42 Å². The molecule has 1 N–H and O–H groups in total. The van der Waals surface area contributed by atoms with Gasteiger partial charge < -0.3 is 5.32 Å².